The summed E-state index contributed by atoms with van der Waals surface area (Å²) in [5, 5.41) is 0. The highest BCUT2D eigenvalue weighted by Crippen LogP contribution is 2.31. The molecular formula is C20H28N2O3. The van der Waals surface area contributed by atoms with E-state index in [1.54, 1.807) is 0 Å². The fraction of sp³-hybridized carbons (Fsp3) is 0.650. The van der Waals surface area contributed by atoms with Crippen LogP contribution in [-0.4, -0.2) is 68.3 Å². The van der Waals surface area contributed by atoms with E-state index in [9.17, 15) is 4.79 Å². The van der Waals surface area contributed by atoms with E-state index in [1.165, 1.54) is 12.8 Å². The molecule has 1 unspecified atom stereocenters. The van der Waals surface area contributed by atoms with Crippen LogP contribution in [0.2, 0.25) is 0 Å². The topological polar surface area (TPSA) is 42.0 Å². The maximum absolute atomic E-state index is 13.0. The lowest BCUT2D eigenvalue weighted by molar-refractivity contribution is 0.0310. The number of hydrogen-bond donors (Lipinski definition) is 0. The molecule has 3 fully saturated rings. The molecule has 0 spiro atoms. The SMILES string of the molecule is O=C(c1ccccc1OCC1CC1)N1CCC(CN2CCOCC2)C1. The Morgan fingerprint density at radius 1 is 1.08 bits per heavy atom. The Kier molecular flexibility index (Phi) is 5.22. The van der Waals surface area contributed by atoms with Gasteiger partial charge < -0.3 is 14.4 Å². The molecule has 2 heterocycles. The zero-order valence-electron chi connectivity index (χ0n) is 14.9. The van der Waals surface area contributed by atoms with Crippen LogP contribution in [-0.2, 0) is 4.74 Å². The third-order valence-corrected chi connectivity index (χ3v) is 5.48. The first-order valence-corrected chi connectivity index (χ1v) is 9.61. The van der Waals surface area contributed by atoms with Crippen LogP contribution in [0.25, 0.3) is 0 Å². The minimum atomic E-state index is 0.121. The van der Waals surface area contributed by atoms with Crippen LogP contribution in [0.4, 0.5) is 0 Å². The van der Waals surface area contributed by atoms with E-state index in [4.69, 9.17) is 9.47 Å². The molecule has 0 bridgehead atoms. The molecule has 0 N–H and O–H groups in total. The van der Waals surface area contributed by atoms with Crippen molar-refractivity contribution in [3.05, 3.63) is 29.8 Å². The van der Waals surface area contributed by atoms with Gasteiger partial charge in [-0.25, -0.2) is 0 Å². The Morgan fingerprint density at radius 2 is 1.88 bits per heavy atom. The maximum Gasteiger partial charge on any atom is 0.257 e. The van der Waals surface area contributed by atoms with Crippen molar-refractivity contribution in [3.8, 4) is 5.75 Å². The zero-order chi connectivity index (χ0) is 17.1. The van der Waals surface area contributed by atoms with Crippen LogP contribution in [0.3, 0.4) is 0 Å². The standard InChI is InChI=1S/C20H28N2O3/c23-20(18-3-1-2-4-19(18)25-15-16-5-6-16)22-8-7-17(14-22)13-21-9-11-24-12-10-21/h1-4,16-17H,5-15H2. The molecule has 5 nitrogen and oxygen atoms in total. The number of benzene rings is 1. The average Bonchev–Trinajstić information content (AvgIpc) is 3.38. The molecule has 0 radical (unpaired) electrons. The van der Waals surface area contributed by atoms with Crippen molar-refractivity contribution < 1.29 is 14.3 Å². The molecule has 1 atom stereocenters. The average molecular weight is 344 g/mol. The summed E-state index contributed by atoms with van der Waals surface area (Å²) in [4.78, 5) is 17.4. The Morgan fingerprint density at radius 3 is 2.68 bits per heavy atom. The maximum atomic E-state index is 13.0. The van der Waals surface area contributed by atoms with Crippen LogP contribution in [0.1, 0.15) is 29.6 Å². The van der Waals surface area contributed by atoms with Crippen LogP contribution < -0.4 is 4.74 Å². The minimum absolute atomic E-state index is 0.121. The largest absolute Gasteiger partial charge is 0.492 e. The van der Waals surface area contributed by atoms with E-state index in [1.807, 2.05) is 29.2 Å². The number of nitrogens with zero attached hydrogens (tertiary/aromatic N) is 2. The molecule has 1 amide bonds. The van der Waals surface area contributed by atoms with Gasteiger partial charge in [0.25, 0.3) is 5.91 Å². The number of para-hydroxylation sites is 1. The third-order valence-electron chi connectivity index (χ3n) is 5.48. The predicted molar refractivity (Wildman–Crippen MR) is 95.9 cm³/mol. The molecule has 1 saturated carbocycles. The van der Waals surface area contributed by atoms with Gasteiger partial charge in [0.15, 0.2) is 0 Å². The summed E-state index contributed by atoms with van der Waals surface area (Å²) >= 11 is 0. The lowest BCUT2D eigenvalue weighted by atomic mass is 10.1. The molecule has 3 aliphatic rings. The van der Waals surface area contributed by atoms with Crippen LogP contribution in [0, 0.1) is 11.8 Å². The van der Waals surface area contributed by atoms with Crippen LogP contribution in [0.15, 0.2) is 24.3 Å². The highest BCUT2D eigenvalue weighted by Gasteiger charge is 2.30. The first-order valence-electron chi connectivity index (χ1n) is 9.61. The number of likely N-dealkylation sites (tertiary alicyclic amines) is 1. The summed E-state index contributed by atoms with van der Waals surface area (Å²) in [5.74, 6) is 2.13. The van der Waals surface area contributed by atoms with E-state index < -0.39 is 0 Å². The van der Waals surface area contributed by atoms with E-state index >= 15 is 0 Å². The summed E-state index contributed by atoms with van der Waals surface area (Å²) in [6.07, 6.45) is 3.60. The zero-order valence-corrected chi connectivity index (χ0v) is 14.9. The Balaban J connectivity index is 1.34. The number of carbonyl (C=O) groups is 1. The van der Waals surface area contributed by atoms with Crippen molar-refractivity contribution in [2.24, 2.45) is 11.8 Å². The molecule has 1 aromatic carbocycles. The summed E-state index contributed by atoms with van der Waals surface area (Å²) < 4.78 is 11.3. The lowest BCUT2D eigenvalue weighted by Gasteiger charge is -2.29. The fourth-order valence-electron chi connectivity index (χ4n) is 3.75. The second kappa shape index (κ2) is 7.75. The van der Waals surface area contributed by atoms with Gasteiger partial charge in [0.2, 0.25) is 0 Å². The highest BCUT2D eigenvalue weighted by atomic mass is 16.5. The molecule has 1 aliphatic carbocycles. The van der Waals surface area contributed by atoms with Crippen molar-refractivity contribution in [2.75, 3.05) is 52.5 Å². The summed E-state index contributed by atoms with van der Waals surface area (Å²) in [6.45, 7) is 7.22. The highest BCUT2D eigenvalue weighted by molar-refractivity contribution is 5.97. The van der Waals surface area contributed by atoms with Crippen molar-refractivity contribution >= 4 is 5.91 Å². The van der Waals surface area contributed by atoms with Gasteiger partial charge in [-0.3, -0.25) is 9.69 Å². The molecule has 1 aromatic rings. The second-order valence-corrected chi connectivity index (χ2v) is 7.57. The third kappa shape index (κ3) is 4.33. The predicted octanol–water partition coefficient (Wildman–Crippen LogP) is 2.27. The van der Waals surface area contributed by atoms with Gasteiger partial charge in [-0.05, 0) is 43.2 Å². The van der Waals surface area contributed by atoms with Crippen molar-refractivity contribution in [1.82, 2.24) is 9.80 Å². The molecule has 5 heteroatoms. The normalized spacial score (nSPS) is 24.5. The van der Waals surface area contributed by atoms with E-state index in [-0.39, 0.29) is 5.91 Å². The van der Waals surface area contributed by atoms with Gasteiger partial charge >= 0.3 is 0 Å². The molecule has 4 rings (SSSR count). The van der Waals surface area contributed by atoms with Gasteiger partial charge in [-0.15, -0.1) is 0 Å². The first kappa shape index (κ1) is 16.9. The molecule has 2 aliphatic heterocycles. The van der Waals surface area contributed by atoms with Gasteiger partial charge in [0.05, 0.1) is 25.4 Å². The van der Waals surface area contributed by atoms with Crippen molar-refractivity contribution in [2.45, 2.75) is 19.3 Å². The summed E-state index contributed by atoms with van der Waals surface area (Å²) in [7, 11) is 0. The number of ether oxygens (including phenoxy) is 2. The van der Waals surface area contributed by atoms with Gasteiger partial charge in [0.1, 0.15) is 5.75 Å². The molecule has 25 heavy (non-hydrogen) atoms. The minimum Gasteiger partial charge on any atom is -0.492 e. The first-order chi connectivity index (χ1) is 12.3. The second-order valence-electron chi connectivity index (χ2n) is 7.57. The van der Waals surface area contributed by atoms with Crippen molar-refractivity contribution in [1.29, 1.82) is 0 Å². The monoisotopic (exact) mass is 344 g/mol. The number of rotatable bonds is 6. The molecule has 2 saturated heterocycles. The summed E-state index contributed by atoms with van der Waals surface area (Å²) in [5.41, 5.74) is 0.718. The van der Waals surface area contributed by atoms with Gasteiger partial charge in [-0.2, -0.15) is 0 Å². The molecule has 0 aromatic heterocycles. The number of morpholine rings is 1. The van der Waals surface area contributed by atoms with E-state index in [0.29, 0.717) is 11.8 Å². The number of hydrogen-bond acceptors (Lipinski definition) is 4. The Labute approximate surface area is 149 Å². The van der Waals surface area contributed by atoms with Gasteiger partial charge in [-0.1, -0.05) is 12.1 Å². The Hall–Kier alpha value is -1.59. The fourth-order valence-corrected chi connectivity index (χ4v) is 3.75. The number of carbonyl (C=O) groups excluding carboxylic acids is 1. The van der Waals surface area contributed by atoms with Crippen molar-refractivity contribution in [3.63, 3.8) is 0 Å². The van der Waals surface area contributed by atoms with E-state index in [0.717, 1.165) is 70.3 Å². The van der Waals surface area contributed by atoms with Gasteiger partial charge in [0, 0.05) is 32.7 Å². The number of amides is 1. The smallest absolute Gasteiger partial charge is 0.257 e. The lowest BCUT2D eigenvalue weighted by Crippen LogP contribution is -2.40. The Bertz CT molecular complexity index is 596. The van der Waals surface area contributed by atoms with E-state index in [2.05, 4.69) is 4.90 Å². The summed E-state index contributed by atoms with van der Waals surface area (Å²) in [6, 6.07) is 7.71. The molecular weight excluding hydrogens is 316 g/mol. The molecule has 136 valence electrons. The van der Waals surface area contributed by atoms with Crippen LogP contribution in [0.5, 0.6) is 5.75 Å². The van der Waals surface area contributed by atoms with Crippen LogP contribution >= 0.6 is 0 Å². The quantitative estimate of drug-likeness (QED) is 0.794.